The SMILES string of the molecule is C=CCN1CC(C)CNC(CN(C)C)C1=O. The van der Waals surface area contributed by atoms with E-state index >= 15 is 0 Å². The summed E-state index contributed by atoms with van der Waals surface area (Å²) in [7, 11) is 3.97. The predicted octanol–water partition coefficient (Wildman–Crippen LogP) is 0.171. The van der Waals surface area contributed by atoms with E-state index in [4.69, 9.17) is 0 Å². The molecule has 4 nitrogen and oxygen atoms in total. The standard InChI is InChI=1S/C12H23N3O/c1-5-6-15-8-10(2)7-13-11(12(15)16)9-14(3)4/h5,10-11,13H,1,6-9H2,2-4H3. The van der Waals surface area contributed by atoms with Gasteiger partial charge in [-0.2, -0.15) is 0 Å². The molecule has 0 spiro atoms. The maximum atomic E-state index is 12.2. The van der Waals surface area contributed by atoms with E-state index in [-0.39, 0.29) is 11.9 Å². The molecule has 2 unspecified atom stereocenters. The third kappa shape index (κ3) is 3.61. The molecule has 1 aliphatic heterocycles. The van der Waals surface area contributed by atoms with Gasteiger partial charge in [0.05, 0.1) is 6.04 Å². The molecule has 0 aromatic rings. The Kier molecular flexibility index (Phi) is 4.96. The van der Waals surface area contributed by atoms with Gasteiger partial charge in [0.25, 0.3) is 0 Å². The third-order valence-corrected chi connectivity index (χ3v) is 2.75. The maximum absolute atomic E-state index is 12.2. The van der Waals surface area contributed by atoms with Crippen molar-refractivity contribution in [3.8, 4) is 0 Å². The number of carbonyl (C=O) groups is 1. The lowest BCUT2D eigenvalue weighted by molar-refractivity contribution is -0.132. The van der Waals surface area contributed by atoms with Crippen LogP contribution in [0, 0.1) is 5.92 Å². The summed E-state index contributed by atoms with van der Waals surface area (Å²) in [6.07, 6.45) is 1.79. The topological polar surface area (TPSA) is 35.6 Å². The van der Waals surface area contributed by atoms with Crippen LogP contribution in [-0.2, 0) is 4.79 Å². The van der Waals surface area contributed by atoms with Crippen molar-refractivity contribution in [1.82, 2.24) is 15.1 Å². The Morgan fingerprint density at radius 3 is 2.88 bits per heavy atom. The third-order valence-electron chi connectivity index (χ3n) is 2.75. The molecule has 0 saturated carbocycles. The highest BCUT2D eigenvalue weighted by molar-refractivity contribution is 5.82. The minimum atomic E-state index is -0.0834. The summed E-state index contributed by atoms with van der Waals surface area (Å²) in [5.41, 5.74) is 0. The molecule has 0 bridgehead atoms. The highest BCUT2D eigenvalue weighted by atomic mass is 16.2. The van der Waals surface area contributed by atoms with Crippen LogP contribution in [0.4, 0.5) is 0 Å². The van der Waals surface area contributed by atoms with Crippen LogP contribution < -0.4 is 5.32 Å². The molecule has 1 heterocycles. The van der Waals surface area contributed by atoms with E-state index in [1.54, 1.807) is 6.08 Å². The molecule has 0 aliphatic carbocycles. The number of carbonyl (C=O) groups excluding carboxylic acids is 1. The van der Waals surface area contributed by atoms with E-state index in [1.807, 2.05) is 23.9 Å². The number of nitrogens with one attached hydrogen (secondary N) is 1. The van der Waals surface area contributed by atoms with Crippen LogP contribution in [-0.4, -0.2) is 62.0 Å². The summed E-state index contributed by atoms with van der Waals surface area (Å²) in [5, 5.41) is 3.33. The minimum Gasteiger partial charge on any atom is -0.337 e. The molecule has 1 fully saturated rings. The van der Waals surface area contributed by atoms with Gasteiger partial charge in [-0.3, -0.25) is 4.79 Å². The predicted molar refractivity (Wildman–Crippen MR) is 66.3 cm³/mol. The summed E-state index contributed by atoms with van der Waals surface area (Å²) in [6, 6.07) is -0.0834. The van der Waals surface area contributed by atoms with E-state index in [2.05, 4.69) is 18.8 Å². The highest BCUT2D eigenvalue weighted by Gasteiger charge is 2.28. The lowest BCUT2D eigenvalue weighted by Crippen LogP contribution is -2.48. The molecule has 1 N–H and O–H groups in total. The average Bonchev–Trinajstić information content (AvgIpc) is 2.32. The molecule has 1 saturated heterocycles. The number of hydrogen-bond donors (Lipinski definition) is 1. The van der Waals surface area contributed by atoms with Crippen molar-refractivity contribution < 1.29 is 4.79 Å². The van der Waals surface area contributed by atoms with Crippen molar-refractivity contribution in [1.29, 1.82) is 0 Å². The van der Waals surface area contributed by atoms with Gasteiger partial charge in [-0.05, 0) is 20.0 Å². The van der Waals surface area contributed by atoms with Crippen LogP contribution in [0.1, 0.15) is 6.92 Å². The summed E-state index contributed by atoms with van der Waals surface area (Å²) in [4.78, 5) is 16.1. The Balaban J connectivity index is 2.70. The van der Waals surface area contributed by atoms with Gasteiger partial charge in [0, 0.05) is 26.2 Å². The molecular weight excluding hydrogens is 202 g/mol. The second-order valence-electron chi connectivity index (χ2n) is 4.86. The number of amides is 1. The Labute approximate surface area is 98.3 Å². The summed E-state index contributed by atoms with van der Waals surface area (Å²) in [6.45, 7) is 8.99. The zero-order valence-corrected chi connectivity index (χ0v) is 10.6. The molecule has 0 aromatic heterocycles. The van der Waals surface area contributed by atoms with Gasteiger partial charge >= 0.3 is 0 Å². The van der Waals surface area contributed by atoms with Crippen molar-refractivity contribution >= 4 is 5.91 Å². The smallest absolute Gasteiger partial charge is 0.241 e. The van der Waals surface area contributed by atoms with Gasteiger partial charge in [-0.15, -0.1) is 6.58 Å². The average molecular weight is 225 g/mol. The molecule has 2 atom stereocenters. The van der Waals surface area contributed by atoms with Crippen LogP contribution >= 0.6 is 0 Å². The maximum Gasteiger partial charge on any atom is 0.241 e. The zero-order valence-electron chi connectivity index (χ0n) is 10.6. The first-order valence-corrected chi connectivity index (χ1v) is 5.82. The van der Waals surface area contributed by atoms with Crippen molar-refractivity contribution in [3.05, 3.63) is 12.7 Å². The number of likely N-dealkylation sites (N-methyl/N-ethyl adjacent to an activating group) is 1. The van der Waals surface area contributed by atoms with Gasteiger partial charge in [0.15, 0.2) is 0 Å². The van der Waals surface area contributed by atoms with Gasteiger partial charge in [0.2, 0.25) is 5.91 Å². The molecular formula is C12H23N3O. The highest BCUT2D eigenvalue weighted by Crippen LogP contribution is 2.08. The van der Waals surface area contributed by atoms with Gasteiger partial charge < -0.3 is 15.1 Å². The summed E-state index contributed by atoms with van der Waals surface area (Å²) < 4.78 is 0. The fourth-order valence-corrected chi connectivity index (χ4v) is 2.01. The van der Waals surface area contributed by atoms with Crippen molar-refractivity contribution in [2.24, 2.45) is 5.92 Å². The van der Waals surface area contributed by atoms with Gasteiger partial charge in [-0.1, -0.05) is 13.0 Å². The van der Waals surface area contributed by atoms with Crippen LogP contribution in [0.15, 0.2) is 12.7 Å². The monoisotopic (exact) mass is 225 g/mol. The second kappa shape index (κ2) is 6.01. The van der Waals surface area contributed by atoms with Gasteiger partial charge in [0.1, 0.15) is 0 Å². The van der Waals surface area contributed by atoms with Crippen molar-refractivity contribution in [2.45, 2.75) is 13.0 Å². The van der Waals surface area contributed by atoms with Crippen molar-refractivity contribution in [3.63, 3.8) is 0 Å². The van der Waals surface area contributed by atoms with E-state index in [9.17, 15) is 4.79 Å². The van der Waals surface area contributed by atoms with E-state index in [1.165, 1.54) is 0 Å². The number of hydrogen-bond acceptors (Lipinski definition) is 3. The lowest BCUT2D eigenvalue weighted by atomic mass is 10.2. The summed E-state index contributed by atoms with van der Waals surface area (Å²) in [5.74, 6) is 0.689. The molecule has 4 heteroatoms. The first-order valence-electron chi connectivity index (χ1n) is 5.82. The van der Waals surface area contributed by atoms with Crippen LogP contribution in [0.2, 0.25) is 0 Å². The Hall–Kier alpha value is -0.870. The summed E-state index contributed by atoms with van der Waals surface area (Å²) >= 11 is 0. The fourth-order valence-electron chi connectivity index (χ4n) is 2.01. The normalized spacial score (nSPS) is 27.0. The minimum absolute atomic E-state index is 0.0834. The van der Waals surface area contributed by atoms with Crippen LogP contribution in [0.5, 0.6) is 0 Å². The molecule has 92 valence electrons. The largest absolute Gasteiger partial charge is 0.337 e. The molecule has 1 rings (SSSR count). The molecule has 1 amide bonds. The first-order chi connectivity index (χ1) is 7.54. The zero-order chi connectivity index (χ0) is 12.1. The number of rotatable bonds is 4. The Morgan fingerprint density at radius 2 is 2.31 bits per heavy atom. The molecule has 1 aliphatic rings. The first kappa shape index (κ1) is 13.2. The van der Waals surface area contributed by atoms with Gasteiger partial charge in [-0.25, -0.2) is 0 Å². The van der Waals surface area contributed by atoms with E-state index in [0.717, 1.165) is 19.6 Å². The second-order valence-corrected chi connectivity index (χ2v) is 4.86. The van der Waals surface area contributed by atoms with E-state index < -0.39 is 0 Å². The van der Waals surface area contributed by atoms with Crippen LogP contribution in [0.25, 0.3) is 0 Å². The molecule has 0 aromatic carbocycles. The Bertz CT molecular complexity index is 253. The van der Waals surface area contributed by atoms with Crippen LogP contribution in [0.3, 0.4) is 0 Å². The fraction of sp³-hybridized carbons (Fsp3) is 0.750. The lowest BCUT2D eigenvalue weighted by Gasteiger charge is -2.25. The Morgan fingerprint density at radius 1 is 1.62 bits per heavy atom. The van der Waals surface area contributed by atoms with E-state index in [0.29, 0.717) is 12.5 Å². The molecule has 16 heavy (non-hydrogen) atoms. The quantitative estimate of drug-likeness (QED) is 0.693. The molecule has 0 radical (unpaired) electrons. The number of nitrogens with zero attached hydrogens (tertiary/aromatic N) is 2. The van der Waals surface area contributed by atoms with Crippen molar-refractivity contribution in [2.75, 3.05) is 40.3 Å².